The number of aryl methyl sites for hydroxylation is 1. The van der Waals surface area contributed by atoms with Gasteiger partial charge in [-0.15, -0.1) is 11.3 Å². The number of carboxylic acid groups (broad SMARTS) is 1. The number of carboxylic acids is 1. The van der Waals surface area contributed by atoms with Gasteiger partial charge in [0.15, 0.2) is 0 Å². The second kappa shape index (κ2) is 9.28. The first-order valence-corrected chi connectivity index (χ1v) is 9.84. The van der Waals surface area contributed by atoms with E-state index in [0.717, 1.165) is 35.4 Å². The molecule has 1 heterocycles. The van der Waals surface area contributed by atoms with E-state index in [0.29, 0.717) is 6.42 Å². The van der Waals surface area contributed by atoms with Gasteiger partial charge in [0.25, 0.3) is 0 Å². The number of amides is 1. The number of carbonyl (C=O) groups is 2. The molecule has 3 aromatic rings. The molecule has 1 amide bonds. The summed E-state index contributed by atoms with van der Waals surface area (Å²) in [5.41, 5.74) is 1.83. The van der Waals surface area contributed by atoms with Crippen molar-refractivity contribution in [2.45, 2.75) is 38.1 Å². The molecule has 27 heavy (non-hydrogen) atoms. The van der Waals surface area contributed by atoms with E-state index in [1.807, 2.05) is 48.5 Å². The summed E-state index contributed by atoms with van der Waals surface area (Å²) >= 11 is 1.69. The fourth-order valence-corrected chi connectivity index (χ4v) is 3.98. The quantitative estimate of drug-likeness (QED) is 0.540. The zero-order chi connectivity index (χ0) is 19.1. The molecule has 0 fully saturated rings. The van der Waals surface area contributed by atoms with Crippen molar-refractivity contribution in [2.24, 2.45) is 0 Å². The Bertz CT molecular complexity index is 875. The van der Waals surface area contributed by atoms with Gasteiger partial charge in [-0.1, -0.05) is 42.5 Å². The molecule has 0 radical (unpaired) electrons. The molecule has 5 nitrogen and oxygen atoms in total. The summed E-state index contributed by atoms with van der Waals surface area (Å²) in [7, 11) is 0. The van der Waals surface area contributed by atoms with Gasteiger partial charge >= 0.3 is 5.97 Å². The van der Waals surface area contributed by atoms with Crippen LogP contribution in [0.5, 0.6) is 0 Å². The van der Waals surface area contributed by atoms with Crippen molar-refractivity contribution in [2.75, 3.05) is 0 Å². The standard InChI is InChI=1S/C21H22N2O3S/c24-19(22-17(14-21(25)26)15-8-2-1-3-9-15)12-6-7-13-20-23-16-10-4-5-11-18(16)27-20/h1-5,8-11,17H,6-7,12-14H2,(H,22,24)(H,25,26). The maximum absolute atomic E-state index is 12.2. The number of benzene rings is 2. The third kappa shape index (κ3) is 5.62. The Hall–Kier alpha value is -2.73. The number of hydrogen-bond donors (Lipinski definition) is 2. The fourth-order valence-electron chi connectivity index (χ4n) is 2.97. The summed E-state index contributed by atoms with van der Waals surface area (Å²) in [6, 6.07) is 16.8. The van der Waals surface area contributed by atoms with Crippen LogP contribution in [0.3, 0.4) is 0 Å². The molecule has 0 bridgehead atoms. The summed E-state index contributed by atoms with van der Waals surface area (Å²) < 4.78 is 1.18. The van der Waals surface area contributed by atoms with E-state index in [9.17, 15) is 9.59 Å². The number of fused-ring (bicyclic) bond motifs is 1. The molecule has 0 saturated carbocycles. The summed E-state index contributed by atoms with van der Waals surface area (Å²) in [6.07, 6.45) is 2.73. The van der Waals surface area contributed by atoms with Crippen molar-refractivity contribution in [1.29, 1.82) is 0 Å². The largest absolute Gasteiger partial charge is 0.481 e. The Morgan fingerprint density at radius 1 is 1.04 bits per heavy atom. The van der Waals surface area contributed by atoms with E-state index < -0.39 is 12.0 Å². The van der Waals surface area contributed by atoms with Crippen LogP contribution in [0.15, 0.2) is 54.6 Å². The smallest absolute Gasteiger partial charge is 0.305 e. The number of thiazole rings is 1. The SMILES string of the molecule is O=C(O)CC(NC(=O)CCCCc1nc2ccccc2s1)c1ccccc1. The molecule has 0 aliphatic rings. The Kier molecular flexibility index (Phi) is 6.54. The zero-order valence-electron chi connectivity index (χ0n) is 14.9. The highest BCUT2D eigenvalue weighted by Gasteiger charge is 2.17. The van der Waals surface area contributed by atoms with Gasteiger partial charge in [0.05, 0.1) is 27.7 Å². The Balaban J connectivity index is 1.47. The van der Waals surface area contributed by atoms with Crippen LogP contribution in [0.1, 0.15) is 42.3 Å². The predicted molar refractivity (Wildman–Crippen MR) is 107 cm³/mol. The predicted octanol–water partition coefficient (Wildman–Crippen LogP) is 4.34. The maximum atomic E-state index is 12.2. The number of nitrogens with zero attached hydrogens (tertiary/aromatic N) is 1. The Morgan fingerprint density at radius 2 is 1.78 bits per heavy atom. The summed E-state index contributed by atoms with van der Waals surface area (Å²) in [4.78, 5) is 27.9. The first-order valence-electron chi connectivity index (χ1n) is 9.02. The highest BCUT2D eigenvalue weighted by molar-refractivity contribution is 7.18. The van der Waals surface area contributed by atoms with E-state index in [1.165, 1.54) is 4.70 Å². The molecule has 0 aliphatic carbocycles. The van der Waals surface area contributed by atoms with Gasteiger partial charge in [-0.3, -0.25) is 9.59 Å². The van der Waals surface area contributed by atoms with Crippen molar-refractivity contribution < 1.29 is 14.7 Å². The second-order valence-electron chi connectivity index (χ2n) is 6.41. The Labute approximate surface area is 162 Å². The van der Waals surface area contributed by atoms with Gasteiger partial charge in [0, 0.05) is 6.42 Å². The minimum Gasteiger partial charge on any atom is -0.481 e. The van der Waals surface area contributed by atoms with Crippen LogP contribution in [0.2, 0.25) is 0 Å². The van der Waals surface area contributed by atoms with Crippen LogP contribution in [-0.4, -0.2) is 22.0 Å². The molecule has 2 aromatic carbocycles. The number of hydrogen-bond acceptors (Lipinski definition) is 4. The number of aromatic nitrogens is 1. The highest BCUT2D eigenvalue weighted by Crippen LogP contribution is 2.23. The summed E-state index contributed by atoms with van der Waals surface area (Å²) in [5, 5.41) is 13.0. The molecule has 140 valence electrons. The fraction of sp³-hybridized carbons (Fsp3) is 0.286. The van der Waals surface area contributed by atoms with E-state index in [2.05, 4.69) is 16.4 Å². The number of rotatable bonds is 9. The van der Waals surface area contributed by atoms with Gasteiger partial charge in [0.1, 0.15) is 0 Å². The van der Waals surface area contributed by atoms with Crippen LogP contribution in [0.25, 0.3) is 10.2 Å². The summed E-state index contributed by atoms with van der Waals surface area (Å²) in [5.74, 6) is -1.05. The maximum Gasteiger partial charge on any atom is 0.305 e. The lowest BCUT2D eigenvalue weighted by atomic mass is 10.0. The van der Waals surface area contributed by atoms with Crippen molar-refractivity contribution in [3.05, 3.63) is 65.2 Å². The second-order valence-corrected chi connectivity index (χ2v) is 7.53. The summed E-state index contributed by atoms with van der Waals surface area (Å²) in [6.45, 7) is 0. The number of unbranched alkanes of at least 4 members (excludes halogenated alkanes) is 1. The lowest BCUT2D eigenvalue weighted by molar-refractivity contribution is -0.137. The average Bonchev–Trinajstić information content (AvgIpc) is 3.08. The number of aliphatic carboxylic acids is 1. The normalized spacial score (nSPS) is 12.0. The van der Waals surface area contributed by atoms with Crippen LogP contribution < -0.4 is 5.32 Å². The molecule has 6 heteroatoms. The van der Waals surface area contributed by atoms with Crippen molar-refractivity contribution in [3.63, 3.8) is 0 Å². The van der Waals surface area contributed by atoms with Crippen molar-refractivity contribution >= 4 is 33.4 Å². The molecule has 1 aromatic heterocycles. The van der Waals surface area contributed by atoms with Crippen molar-refractivity contribution in [1.82, 2.24) is 10.3 Å². The highest BCUT2D eigenvalue weighted by atomic mass is 32.1. The minimum atomic E-state index is -0.931. The van der Waals surface area contributed by atoms with E-state index in [1.54, 1.807) is 11.3 Å². The topological polar surface area (TPSA) is 79.3 Å². The molecule has 2 N–H and O–H groups in total. The molecule has 3 rings (SSSR count). The van der Waals surface area contributed by atoms with E-state index >= 15 is 0 Å². The Morgan fingerprint density at radius 3 is 2.52 bits per heavy atom. The lowest BCUT2D eigenvalue weighted by Gasteiger charge is -2.17. The van der Waals surface area contributed by atoms with Crippen LogP contribution in [0, 0.1) is 0 Å². The number of carbonyl (C=O) groups excluding carboxylic acids is 1. The first kappa shape index (κ1) is 19.0. The van der Waals surface area contributed by atoms with Crippen LogP contribution >= 0.6 is 11.3 Å². The van der Waals surface area contributed by atoms with Gasteiger partial charge in [-0.05, 0) is 37.0 Å². The van der Waals surface area contributed by atoms with Gasteiger partial charge < -0.3 is 10.4 Å². The van der Waals surface area contributed by atoms with E-state index in [4.69, 9.17) is 5.11 Å². The molecule has 1 unspecified atom stereocenters. The molecule has 0 aliphatic heterocycles. The van der Waals surface area contributed by atoms with Gasteiger partial charge in [-0.2, -0.15) is 0 Å². The average molecular weight is 382 g/mol. The molecule has 0 spiro atoms. The zero-order valence-corrected chi connectivity index (χ0v) is 15.7. The molecular formula is C21H22N2O3S. The van der Waals surface area contributed by atoms with E-state index in [-0.39, 0.29) is 12.3 Å². The number of nitrogens with one attached hydrogen (secondary N) is 1. The third-order valence-electron chi connectivity index (χ3n) is 4.30. The first-order chi connectivity index (χ1) is 13.1. The number of para-hydroxylation sites is 1. The van der Waals surface area contributed by atoms with Gasteiger partial charge in [-0.25, -0.2) is 4.98 Å². The lowest BCUT2D eigenvalue weighted by Crippen LogP contribution is -2.30. The van der Waals surface area contributed by atoms with Crippen molar-refractivity contribution in [3.8, 4) is 0 Å². The van der Waals surface area contributed by atoms with Crippen LogP contribution in [-0.2, 0) is 16.0 Å². The third-order valence-corrected chi connectivity index (χ3v) is 5.39. The minimum absolute atomic E-state index is 0.116. The van der Waals surface area contributed by atoms with Crippen LogP contribution in [0.4, 0.5) is 0 Å². The molecule has 1 atom stereocenters. The van der Waals surface area contributed by atoms with Gasteiger partial charge in [0.2, 0.25) is 5.91 Å². The molecular weight excluding hydrogens is 360 g/mol. The molecule has 0 saturated heterocycles. The monoisotopic (exact) mass is 382 g/mol.